The van der Waals surface area contributed by atoms with Crippen LogP contribution in [0.5, 0.6) is 17.2 Å². The zero-order chi connectivity index (χ0) is 17.7. The van der Waals surface area contributed by atoms with E-state index in [-0.39, 0.29) is 5.91 Å². The van der Waals surface area contributed by atoms with E-state index in [1.54, 1.807) is 50.4 Å². The van der Waals surface area contributed by atoms with E-state index in [1.807, 2.05) is 6.92 Å². The predicted octanol–water partition coefficient (Wildman–Crippen LogP) is 4.07. The largest absolute Gasteiger partial charge is 0.497 e. The number of rotatable bonds is 6. The molecule has 6 heteroatoms. The first kappa shape index (κ1) is 17.9. The van der Waals surface area contributed by atoms with Gasteiger partial charge in [0.2, 0.25) is 0 Å². The predicted molar refractivity (Wildman–Crippen MR) is 94.5 cm³/mol. The summed E-state index contributed by atoms with van der Waals surface area (Å²) in [5, 5.41) is 3.42. The minimum Gasteiger partial charge on any atom is -0.497 e. The minimum atomic E-state index is -0.684. The topological polar surface area (TPSA) is 56.8 Å². The van der Waals surface area contributed by atoms with Crippen LogP contribution in [0.4, 0.5) is 5.69 Å². The van der Waals surface area contributed by atoms with Crippen molar-refractivity contribution in [2.24, 2.45) is 0 Å². The Labute approximate surface area is 146 Å². The zero-order valence-electron chi connectivity index (χ0n) is 14.1. The molecule has 1 amide bonds. The van der Waals surface area contributed by atoms with Gasteiger partial charge in [-0.2, -0.15) is 0 Å². The molecule has 0 aliphatic carbocycles. The quantitative estimate of drug-likeness (QED) is 0.854. The summed E-state index contributed by atoms with van der Waals surface area (Å²) >= 11 is 5.92. The van der Waals surface area contributed by atoms with Gasteiger partial charge in [0.15, 0.2) is 6.10 Å². The van der Waals surface area contributed by atoms with Gasteiger partial charge in [0.1, 0.15) is 17.2 Å². The number of carbonyl (C=O) groups is 1. The summed E-state index contributed by atoms with van der Waals surface area (Å²) in [6.07, 6.45) is -0.684. The Morgan fingerprint density at radius 3 is 2.46 bits per heavy atom. The van der Waals surface area contributed by atoms with Gasteiger partial charge in [0.05, 0.1) is 19.9 Å². The van der Waals surface area contributed by atoms with Crippen LogP contribution >= 0.6 is 11.6 Å². The summed E-state index contributed by atoms with van der Waals surface area (Å²) in [5.41, 5.74) is 1.41. The van der Waals surface area contributed by atoms with Crippen molar-refractivity contribution >= 4 is 23.2 Å². The third-order valence-corrected chi connectivity index (χ3v) is 3.71. The Balaban J connectivity index is 2.08. The molecule has 0 aromatic heterocycles. The fraction of sp³-hybridized carbons (Fsp3) is 0.278. The van der Waals surface area contributed by atoms with Crippen molar-refractivity contribution < 1.29 is 19.0 Å². The zero-order valence-corrected chi connectivity index (χ0v) is 14.8. The maximum absolute atomic E-state index is 12.4. The normalized spacial score (nSPS) is 11.5. The molecule has 0 aliphatic heterocycles. The highest BCUT2D eigenvalue weighted by molar-refractivity contribution is 6.30. The Hall–Kier alpha value is -2.40. The summed E-state index contributed by atoms with van der Waals surface area (Å²) in [4.78, 5) is 12.4. The van der Waals surface area contributed by atoms with Crippen LogP contribution in [0.1, 0.15) is 12.5 Å². The molecule has 0 aliphatic rings. The van der Waals surface area contributed by atoms with Crippen LogP contribution in [0.15, 0.2) is 36.4 Å². The number of anilines is 1. The van der Waals surface area contributed by atoms with Crippen molar-refractivity contribution in [2.75, 3.05) is 19.5 Å². The number of nitrogens with one attached hydrogen (secondary N) is 1. The molecular weight excluding hydrogens is 330 g/mol. The number of hydrogen-bond donors (Lipinski definition) is 1. The fourth-order valence-corrected chi connectivity index (χ4v) is 2.35. The molecular formula is C18H20ClNO4. The lowest BCUT2D eigenvalue weighted by molar-refractivity contribution is -0.122. The van der Waals surface area contributed by atoms with E-state index in [0.29, 0.717) is 28.0 Å². The Bertz CT molecular complexity index is 733. The van der Waals surface area contributed by atoms with Crippen molar-refractivity contribution in [2.45, 2.75) is 20.0 Å². The number of amides is 1. The Morgan fingerprint density at radius 2 is 1.83 bits per heavy atom. The smallest absolute Gasteiger partial charge is 0.265 e. The second-order valence-corrected chi connectivity index (χ2v) is 5.66. The highest BCUT2D eigenvalue weighted by atomic mass is 35.5. The van der Waals surface area contributed by atoms with Crippen molar-refractivity contribution in [3.63, 3.8) is 0 Å². The molecule has 1 N–H and O–H groups in total. The molecule has 2 rings (SSSR count). The average molecular weight is 350 g/mol. The molecule has 5 nitrogen and oxygen atoms in total. The van der Waals surface area contributed by atoms with Crippen molar-refractivity contribution in [3.8, 4) is 17.2 Å². The first-order valence-corrected chi connectivity index (χ1v) is 7.78. The van der Waals surface area contributed by atoms with Gasteiger partial charge in [0, 0.05) is 11.1 Å². The van der Waals surface area contributed by atoms with E-state index in [4.69, 9.17) is 25.8 Å². The first-order chi connectivity index (χ1) is 11.4. The molecule has 0 saturated carbocycles. The van der Waals surface area contributed by atoms with E-state index in [1.165, 1.54) is 7.11 Å². The highest BCUT2D eigenvalue weighted by Gasteiger charge is 2.18. The van der Waals surface area contributed by atoms with Gasteiger partial charge in [-0.3, -0.25) is 4.79 Å². The second-order valence-electron chi connectivity index (χ2n) is 5.23. The molecule has 0 unspecified atom stereocenters. The van der Waals surface area contributed by atoms with Gasteiger partial charge in [-0.15, -0.1) is 0 Å². The third kappa shape index (κ3) is 4.32. The number of carbonyl (C=O) groups excluding carboxylic acids is 1. The number of halogens is 1. The fourth-order valence-electron chi connectivity index (χ4n) is 2.13. The maximum atomic E-state index is 12.4. The van der Waals surface area contributed by atoms with Gasteiger partial charge >= 0.3 is 0 Å². The third-order valence-electron chi connectivity index (χ3n) is 3.48. The van der Waals surface area contributed by atoms with Crippen LogP contribution < -0.4 is 19.5 Å². The molecule has 1 atom stereocenters. The summed E-state index contributed by atoms with van der Waals surface area (Å²) < 4.78 is 16.1. The first-order valence-electron chi connectivity index (χ1n) is 7.40. The van der Waals surface area contributed by atoms with Crippen molar-refractivity contribution in [1.82, 2.24) is 0 Å². The van der Waals surface area contributed by atoms with Crippen LogP contribution in [0.25, 0.3) is 0 Å². The summed E-state index contributed by atoms with van der Waals surface area (Å²) in [6.45, 7) is 3.55. The highest BCUT2D eigenvalue weighted by Crippen LogP contribution is 2.29. The average Bonchev–Trinajstić information content (AvgIpc) is 2.57. The van der Waals surface area contributed by atoms with E-state index in [9.17, 15) is 4.79 Å². The molecule has 2 aromatic carbocycles. The van der Waals surface area contributed by atoms with Gasteiger partial charge in [-0.05, 0) is 49.7 Å². The summed E-state index contributed by atoms with van der Waals surface area (Å²) in [7, 11) is 3.10. The molecule has 0 radical (unpaired) electrons. The van der Waals surface area contributed by atoms with Crippen molar-refractivity contribution in [3.05, 3.63) is 47.0 Å². The molecule has 0 bridgehead atoms. The number of methoxy groups -OCH3 is 2. The summed E-state index contributed by atoms with van der Waals surface area (Å²) in [6, 6.07) is 10.4. The minimum absolute atomic E-state index is 0.284. The van der Waals surface area contributed by atoms with Crippen LogP contribution in [0, 0.1) is 6.92 Å². The van der Waals surface area contributed by atoms with Crippen molar-refractivity contribution in [1.29, 1.82) is 0 Å². The lowest BCUT2D eigenvalue weighted by Crippen LogP contribution is -2.30. The second kappa shape index (κ2) is 7.93. The summed E-state index contributed by atoms with van der Waals surface area (Å²) in [5.74, 6) is 1.49. The molecule has 0 heterocycles. The SMILES string of the molecule is COc1ccc(NC(=O)[C@H](C)Oc2ccc(Cl)cc2C)c(OC)c1. The molecule has 24 heavy (non-hydrogen) atoms. The lowest BCUT2D eigenvalue weighted by atomic mass is 10.2. The number of ether oxygens (including phenoxy) is 3. The number of hydrogen-bond acceptors (Lipinski definition) is 4. The number of aryl methyl sites for hydroxylation is 1. The lowest BCUT2D eigenvalue weighted by Gasteiger charge is -2.17. The van der Waals surface area contributed by atoms with E-state index >= 15 is 0 Å². The van der Waals surface area contributed by atoms with Crippen LogP contribution in [0.2, 0.25) is 5.02 Å². The molecule has 2 aromatic rings. The van der Waals surface area contributed by atoms with Gasteiger partial charge in [0.25, 0.3) is 5.91 Å². The van der Waals surface area contributed by atoms with Gasteiger partial charge in [-0.25, -0.2) is 0 Å². The molecule has 0 fully saturated rings. The number of benzene rings is 2. The van der Waals surface area contributed by atoms with E-state index in [2.05, 4.69) is 5.32 Å². The van der Waals surface area contributed by atoms with Gasteiger partial charge in [-0.1, -0.05) is 11.6 Å². The maximum Gasteiger partial charge on any atom is 0.265 e. The van der Waals surface area contributed by atoms with Crippen LogP contribution in [-0.2, 0) is 4.79 Å². The Kier molecular flexibility index (Phi) is 5.93. The van der Waals surface area contributed by atoms with Crippen LogP contribution in [-0.4, -0.2) is 26.2 Å². The Morgan fingerprint density at radius 1 is 1.08 bits per heavy atom. The van der Waals surface area contributed by atoms with Crippen LogP contribution in [0.3, 0.4) is 0 Å². The standard InChI is InChI=1S/C18H20ClNO4/c1-11-9-13(19)5-8-16(11)24-12(2)18(21)20-15-7-6-14(22-3)10-17(15)23-4/h5-10,12H,1-4H3,(H,20,21)/t12-/m0/s1. The molecule has 0 saturated heterocycles. The molecule has 128 valence electrons. The van der Waals surface area contributed by atoms with E-state index in [0.717, 1.165) is 5.56 Å². The monoisotopic (exact) mass is 349 g/mol. The van der Waals surface area contributed by atoms with Gasteiger partial charge < -0.3 is 19.5 Å². The van der Waals surface area contributed by atoms with E-state index < -0.39 is 6.10 Å². The molecule has 0 spiro atoms.